The highest BCUT2D eigenvalue weighted by Crippen LogP contribution is 2.17. The van der Waals surface area contributed by atoms with E-state index in [1.165, 1.54) is 11.3 Å². The summed E-state index contributed by atoms with van der Waals surface area (Å²) in [5, 5.41) is 6.79. The number of carbonyl (C=O) groups is 2. The second-order valence-electron chi connectivity index (χ2n) is 9.71. The minimum atomic E-state index is -0.273. The van der Waals surface area contributed by atoms with E-state index in [9.17, 15) is 9.59 Å². The second kappa shape index (κ2) is 14.0. The number of anilines is 1. The fourth-order valence-electron chi connectivity index (χ4n) is 4.50. The molecule has 0 radical (unpaired) electrons. The molecule has 5 rings (SSSR count). The van der Waals surface area contributed by atoms with Gasteiger partial charge in [0.05, 0.1) is 19.0 Å². The van der Waals surface area contributed by atoms with Crippen LogP contribution in [-0.2, 0) is 17.9 Å². The average Bonchev–Trinajstić information content (AvgIpc) is 3.55. The lowest BCUT2D eigenvalue weighted by Gasteiger charge is -2.36. The maximum absolute atomic E-state index is 12.5. The van der Waals surface area contributed by atoms with E-state index < -0.39 is 0 Å². The fourth-order valence-corrected chi connectivity index (χ4v) is 4.50. The minimum absolute atomic E-state index is 0.103. The number of rotatable bonds is 11. The van der Waals surface area contributed by atoms with Gasteiger partial charge in [-0.15, -0.1) is 0 Å². The lowest BCUT2D eigenvalue weighted by atomic mass is 10.1. The van der Waals surface area contributed by atoms with Crippen molar-refractivity contribution in [2.24, 2.45) is 5.10 Å². The summed E-state index contributed by atoms with van der Waals surface area (Å²) in [6.07, 6.45) is 3.11. The van der Waals surface area contributed by atoms with Gasteiger partial charge in [-0.3, -0.25) is 14.5 Å². The first-order chi connectivity index (χ1) is 20.1. The van der Waals surface area contributed by atoms with Crippen LogP contribution in [0, 0.1) is 0 Å². The maximum Gasteiger partial charge on any atom is 0.271 e. The van der Waals surface area contributed by atoms with E-state index >= 15 is 0 Å². The summed E-state index contributed by atoms with van der Waals surface area (Å²) in [5.74, 6) is 0.710. The molecule has 41 heavy (non-hydrogen) atoms. The molecule has 2 heterocycles. The molecule has 2 N–H and O–H groups in total. The van der Waals surface area contributed by atoms with Crippen molar-refractivity contribution in [3.63, 3.8) is 0 Å². The van der Waals surface area contributed by atoms with E-state index in [1.807, 2.05) is 30.3 Å². The first-order valence-electron chi connectivity index (χ1n) is 13.6. The van der Waals surface area contributed by atoms with E-state index in [0.29, 0.717) is 23.6 Å². The third-order valence-corrected chi connectivity index (χ3v) is 6.79. The Hall–Kier alpha value is -4.89. The number of nitrogens with one attached hydrogen (secondary N) is 2. The molecular formula is C32H33N5O4. The molecule has 0 unspecified atom stereocenters. The van der Waals surface area contributed by atoms with Crippen molar-refractivity contribution in [2.45, 2.75) is 13.1 Å². The summed E-state index contributed by atoms with van der Waals surface area (Å²) in [5.41, 5.74) is 6.35. The Balaban J connectivity index is 1.01. The number of piperazine rings is 1. The summed E-state index contributed by atoms with van der Waals surface area (Å²) in [4.78, 5) is 29.3. The molecular weight excluding hydrogens is 518 g/mol. The van der Waals surface area contributed by atoms with Crippen LogP contribution < -0.4 is 20.4 Å². The Morgan fingerprint density at radius 1 is 0.878 bits per heavy atom. The molecule has 2 amide bonds. The van der Waals surface area contributed by atoms with Crippen molar-refractivity contribution in [1.29, 1.82) is 0 Å². The summed E-state index contributed by atoms with van der Waals surface area (Å²) >= 11 is 0. The molecule has 0 bridgehead atoms. The maximum atomic E-state index is 12.5. The van der Waals surface area contributed by atoms with Gasteiger partial charge in [-0.2, -0.15) is 5.10 Å². The summed E-state index contributed by atoms with van der Waals surface area (Å²) in [7, 11) is 0. The molecule has 1 aromatic heterocycles. The normalized spacial score (nSPS) is 13.7. The first-order valence-corrected chi connectivity index (χ1v) is 13.6. The van der Waals surface area contributed by atoms with Crippen LogP contribution in [0.25, 0.3) is 0 Å². The van der Waals surface area contributed by atoms with Gasteiger partial charge in [0, 0.05) is 44.0 Å². The number of nitrogens with zero attached hydrogens (tertiary/aromatic N) is 3. The zero-order chi connectivity index (χ0) is 28.3. The van der Waals surface area contributed by atoms with Crippen molar-refractivity contribution in [3.8, 4) is 5.75 Å². The Labute approximate surface area is 239 Å². The summed E-state index contributed by atoms with van der Waals surface area (Å²) < 4.78 is 10.7. The number of hydrogen-bond donors (Lipinski definition) is 2. The molecule has 9 nitrogen and oxygen atoms in total. The SMILES string of the molecule is O=C(COc1ccc(/C=N\NC(=O)c2ccc(CN3CCN(c4ccccc4)CC3)cc2)cc1)NCc1ccco1. The van der Waals surface area contributed by atoms with Crippen LogP contribution in [0.5, 0.6) is 5.75 Å². The van der Waals surface area contributed by atoms with Crippen LogP contribution in [0.1, 0.15) is 27.2 Å². The number of hydrazone groups is 1. The number of ether oxygens (including phenoxy) is 1. The molecule has 0 aliphatic carbocycles. The quantitative estimate of drug-likeness (QED) is 0.216. The van der Waals surface area contributed by atoms with Gasteiger partial charge in [-0.1, -0.05) is 30.3 Å². The van der Waals surface area contributed by atoms with Gasteiger partial charge in [-0.25, -0.2) is 5.43 Å². The molecule has 0 spiro atoms. The minimum Gasteiger partial charge on any atom is -0.484 e. The zero-order valence-corrected chi connectivity index (χ0v) is 22.7. The molecule has 4 aromatic rings. The molecule has 1 aliphatic heterocycles. The predicted octanol–water partition coefficient (Wildman–Crippen LogP) is 4.06. The molecule has 0 atom stereocenters. The Morgan fingerprint density at radius 3 is 2.34 bits per heavy atom. The molecule has 1 saturated heterocycles. The van der Waals surface area contributed by atoms with Crippen molar-refractivity contribution in [2.75, 3.05) is 37.7 Å². The number of amides is 2. The van der Waals surface area contributed by atoms with Crippen LogP contribution in [0.4, 0.5) is 5.69 Å². The second-order valence-corrected chi connectivity index (χ2v) is 9.71. The standard InChI is InChI=1S/C32H33N5O4/c38-31(33-22-30-7-4-20-40-30)24-41-29-14-10-25(11-15-29)21-34-35-32(39)27-12-8-26(9-13-27)23-36-16-18-37(19-17-36)28-5-2-1-3-6-28/h1-15,20-21H,16-19,22-24H2,(H,33,38)(H,35,39)/b34-21-. The van der Waals surface area contributed by atoms with Crippen LogP contribution in [0.2, 0.25) is 0 Å². The van der Waals surface area contributed by atoms with E-state index in [4.69, 9.17) is 9.15 Å². The number of carbonyl (C=O) groups excluding carboxylic acids is 2. The topological polar surface area (TPSA) is 99.4 Å². The average molecular weight is 552 g/mol. The van der Waals surface area contributed by atoms with Gasteiger partial charge in [-0.05, 0) is 71.8 Å². The van der Waals surface area contributed by atoms with Gasteiger partial charge >= 0.3 is 0 Å². The Morgan fingerprint density at radius 2 is 1.63 bits per heavy atom. The van der Waals surface area contributed by atoms with E-state index in [-0.39, 0.29) is 18.4 Å². The third kappa shape index (κ3) is 8.30. The smallest absolute Gasteiger partial charge is 0.271 e. The largest absolute Gasteiger partial charge is 0.484 e. The Bertz CT molecular complexity index is 1410. The molecule has 9 heteroatoms. The molecule has 1 fully saturated rings. The third-order valence-electron chi connectivity index (χ3n) is 6.79. The number of para-hydroxylation sites is 1. The Kier molecular flexibility index (Phi) is 9.42. The number of furan rings is 1. The van der Waals surface area contributed by atoms with Crippen molar-refractivity contribution in [1.82, 2.24) is 15.6 Å². The van der Waals surface area contributed by atoms with E-state index in [2.05, 4.69) is 49.9 Å². The fraction of sp³-hybridized carbons (Fsp3) is 0.219. The first kappa shape index (κ1) is 27.7. The summed E-state index contributed by atoms with van der Waals surface area (Å²) in [6.45, 7) is 5.08. The predicted molar refractivity (Wildman–Crippen MR) is 158 cm³/mol. The number of benzene rings is 3. The van der Waals surface area contributed by atoms with Gasteiger partial charge in [0.1, 0.15) is 11.5 Å². The van der Waals surface area contributed by atoms with Gasteiger partial charge in [0.2, 0.25) is 0 Å². The molecule has 1 aliphatic rings. The van der Waals surface area contributed by atoms with E-state index in [1.54, 1.807) is 48.9 Å². The molecule has 3 aromatic carbocycles. The van der Waals surface area contributed by atoms with Crippen molar-refractivity contribution >= 4 is 23.7 Å². The van der Waals surface area contributed by atoms with Crippen molar-refractivity contribution in [3.05, 3.63) is 120 Å². The van der Waals surface area contributed by atoms with Crippen LogP contribution in [0.15, 0.2) is 107 Å². The van der Waals surface area contributed by atoms with Crippen molar-refractivity contribution < 1.29 is 18.7 Å². The van der Waals surface area contributed by atoms with Gasteiger partial charge in [0.25, 0.3) is 11.8 Å². The van der Waals surface area contributed by atoms with Crippen LogP contribution >= 0.6 is 0 Å². The summed E-state index contributed by atoms with van der Waals surface area (Å²) in [6, 6.07) is 28.8. The van der Waals surface area contributed by atoms with E-state index in [0.717, 1.165) is 38.3 Å². The van der Waals surface area contributed by atoms with Crippen LogP contribution in [-0.4, -0.2) is 55.7 Å². The highest BCUT2D eigenvalue weighted by atomic mass is 16.5. The van der Waals surface area contributed by atoms with Gasteiger partial charge in [0.15, 0.2) is 6.61 Å². The lowest BCUT2D eigenvalue weighted by Crippen LogP contribution is -2.45. The molecule has 210 valence electrons. The van der Waals surface area contributed by atoms with Crippen LogP contribution in [0.3, 0.4) is 0 Å². The molecule has 0 saturated carbocycles. The monoisotopic (exact) mass is 551 g/mol. The highest BCUT2D eigenvalue weighted by molar-refractivity contribution is 5.94. The highest BCUT2D eigenvalue weighted by Gasteiger charge is 2.17. The number of hydrogen-bond acceptors (Lipinski definition) is 7. The lowest BCUT2D eigenvalue weighted by molar-refractivity contribution is -0.123. The zero-order valence-electron chi connectivity index (χ0n) is 22.7. The van der Waals surface area contributed by atoms with Gasteiger partial charge < -0.3 is 19.4 Å².